The van der Waals surface area contributed by atoms with E-state index in [1.165, 1.54) is 12.8 Å². The standard InChI is InChI=1S/C14H22N2O/c1-13(2,11-6-7-11)16-12(17)14(10-15)8-4-3-5-9-14/h11H,3-9H2,1-2H3,(H,16,17). The Morgan fingerprint density at radius 1 is 1.29 bits per heavy atom. The second-order valence-electron chi connectivity index (χ2n) is 6.20. The fraction of sp³-hybridized carbons (Fsp3) is 0.857. The molecule has 0 unspecified atom stereocenters. The molecule has 3 nitrogen and oxygen atoms in total. The van der Waals surface area contributed by atoms with E-state index in [1.807, 2.05) is 0 Å². The molecular weight excluding hydrogens is 212 g/mol. The van der Waals surface area contributed by atoms with Gasteiger partial charge in [0.1, 0.15) is 5.41 Å². The van der Waals surface area contributed by atoms with Crippen LogP contribution in [0.3, 0.4) is 0 Å². The summed E-state index contributed by atoms with van der Waals surface area (Å²) in [7, 11) is 0. The molecule has 0 aromatic carbocycles. The molecule has 0 saturated heterocycles. The monoisotopic (exact) mass is 234 g/mol. The molecule has 3 heteroatoms. The van der Waals surface area contributed by atoms with Crippen LogP contribution in [0.5, 0.6) is 0 Å². The van der Waals surface area contributed by atoms with E-state index in [1.54, 1.807) is 0 Å². The van der Waals surface area contributed by atoms with Crippen molar-refractivity contribution in [3.8, 4) is 6.07 Å². The van der Waals surface area contributed by atoms with Gasteiger partial charge in [0.15, 0.2) is 0 Å². The van der Waals surface area contributed by atoms with Crippen molar-refractivity contribution in [2.75, 3.05) is 0 Å². The molecule has 17 heavy (non-hydrogen) atoms. The Hall–Kier alpha value is -1.04. The number of nitrogens with one attached hydrogen (secondary N) is 1. The molecule has 0 radical (unpaired) electrons. The number of carbonyl (C=O) groups excluding carboxylic acids is 1. The Labute approximate surface area is 104 Å². The summed E-state index contributed by atoms with van der Waals surface area (Å²) in [5.41, 5.74) is -0.886. The van der Waals surface area contributed by atoms with Gasteiger partial charge in [0, 0.05) is 5.54 Å². The van der Waals surface area contributed by atoms with Crippen molar-refractivity contribution in [2.45, 2.75) is 64.3 Å². The number of carbonyl (C=O) groups is 1. The van der Waals surface area contributed by atoms with Gasteiger partial charge in [-0.2, -0.15) is 5.26 Å². The van der Waals surface area contributed by atoms with Crippen LogP contribution in [0.1, 0.15) is 58.8 Å². The van der Waals surface area contributed by atoms with Crippen molar-refractivity contribution in [3.63, 3.8) is 0 Å². The zero-order valence-electron chi connectivity index (χ0n) is 10.9. The van der Waals surface area contributed by atoms with Crippen molar-refractivity contribution in [1.82, 2.24) is 5.32 Å². The van der Waals surface area contributed by atoms with E-state index in [9.17, 15) is 10.1 Å². The largest absolute Gasteiger partial charge is 0.350 e. The number of nitrogens with zero attached hydrogens (tertiary/aromatic N) is 1. The first-order valence-electron chi connectivity index (χ1n) is 6.74. The molecule has 0 aromatic heterocycles. The lowest BCUT2D eigenvalue weighted by atomic mass is 9.74. The topological polar surface area (TPSA) is 52.9 Å². The Morgan fingerprint density at radius 2 is 1.88 bits per heavy atom. The molecule has 0 aromatic rings. The highest BCUT2D eigenvalue weighted by molar-refractivity contribution is 5.86. The summed E-state index contributed by atoms with van der Waals surface area (Å²) in [6, 6.07) is 2.29. The second-order valence-corrected chi connectivity index (χ2v) is 6.20. The van der Waals surface area contributed by atoms with Crippen LogP contribution in [0.25, 0.3) is 0 Å². The third-order valence-electron chi connectivity index (χ3n) is 4.39. The fourth-order valence-electron chi connectivity index (χ4n) is 2.86. The summed E-state index contributed by atoms with van der Waals surface area (Å²) in [4.78, 5) is 12.4. The van der Waals surface area contributed by atoms with Gasteiger partial charge in [-0.25, -0.2) is 0 Å². The van der Waals surface area contributed by atoms with Gasteiger partial charge in [-0.15, -0.1) is 0 Å². The quantitative estimate of drug-likeness (QED) is 0.816. The number of amides is 1. The Bertz CT molecular complexity index is 344. The molecule has 2 aliphatic carbocycles. The summed E-state index contributed by atoms with van der Waals surface area (Å²) in [5, 5.41) is 12.5. The predicted octanol–water partition coefficient (Wildman–Crippen LogP) is 2.77. The number of rotatable bonds is 3. The lowest BCUT2D eigenvalue weighted by Crippen LogP contribution is -2.52. The lowest BCUT2D eigenvalue weighted by molar-refractivity contribution is -0.131. The molecule has 0 aliphatic heterocycles. The van der Waals surface area contributed by atoms with Gasteiger partial charge < -0.3 is 5.32 Å². The maximum absolute atomic E-state index is 12.4. The van der Waals surface area contributed by atoms with Gasteiger partial charge >= 0.3 is 0 Å². The molecule has 0 atom stereocenters. The lowest BCUT2D eigenvalue weighted by Gasteiger charge is -2.34. The van der Waals surface area contributed by atoms with Gasteiger partial charge in [0.25, 0.3) is 0 Å². The number of hydrogen-bond acceptors (Lipinski definition) is 2. The van der Waals surface area contributed by atoms with Crippen molar-refractivity contribution in [1.29, 1.82) is 5.26 Å². The van der Waals surface area contributed by atoms with Crippen LogP contribution in [-0.4, -0.2) is 11.4 Å². The van der Waals surface area contributed by atoms with E-state index >= 15 is 0 Å². The van der Waals surface area contributed by atoms with Crippen LogP contribution in [0, 0.1) is 22.7 Å². The molecule has 2 fully saturated rings. The molecule has 0 bridgehead atoms. The van der Waals surface area contributed by atoms with E-state index < -0.39 is 5.41 Å². The third kappa shape index (κ3) is 2.46. The Balaban J connectivity index is 2.04. The van der Waals surface area contributed by atoms with Gasteiger partial charge in [-0.1, -0.05) is 19.3 Å². The highest BCUT2D eigenvalue weighted by atomic mass is 16.2. The van der Waals surface area contributed by atoms with Crippen molar-refractivity contribution >= 4 is 5.91 Å². The Kier molecular flexibility index (Phi) is 3.16. The molecule has 94 valence electrons. The molecule has 2 aliphatic rings. The van der Waals surface area contributed by atoms with Crippen LogP contribution in [-0.2, 0) is 4.79 Å². The first kappa shape index (κ1) is 12.4. The van der Waals surface area contributed by atoms with E-state index in [4.69, 9.17) is 0 Å². The van der Waals surface area contributed by atoms with Crippen LogP contribution < -0.4 is 5.32 Å². The maximum atomic E-state index is 12.4. The van der Waals surface area contributed by atoms with Crippen LogP contribution in [0.2, 0.25) is 0 Å². The van der Waals surface area contributed by atoms with Crippen molar-refractivity contribution in [2.24, 2.45) is 11.3 Å². The van der Waals surface area contributed by atoms with Crippen LogP contribution >= 0.6 is 0 Å². The summed E-state index contributed by atoms with van der Waals surface area (Å²) >= 11 is 0. The molecule has 0 heterocycles. The minimum absolute atomic E-state index is 0.0309. The Morgan fingerprint density at radius 3 is 2.35 bits per heavy atom. The summed E-state index contributed by atoms with van der Waals surface area (Å²) < 4.78 is 0. The first-order valence-corrected chi connectivity index (χ1v) is 6.74. The molecule has 2 rings (SSSR count). The van der Waals surface area contributed by atoms with Crippen LogP contribution in [0.4, 0.5) is 0 Å². The van der Waals surface area contributed by atoms with Gasteiger partial charge in [-0.3, -0.25) is 4.79 Å². The molecular formula is C14H22N2O. The molecule has 1 amide bonds. The number of hydrogen-bond donors (Lipinski definition) is 1. The summed E-state index contributed by atoms with van der Waals surface area (Å²) in [5.74, 6) is 0.572. The van der Waals surface area contributed by atoms with Crippen LogP contribution in [0.15, 0.2) is 0 Å². The number of nitriles is 1. The van der Waals surface area contributed by atoms with E-state index in [-0.39, 0.29) is 11.4 Å². The predicted molar refractivity (Wildman–Crippen MR) is 66.1 cm³/mol. The molecule has 2 saturated carbocycles. The fourth-order valence-corrected chi connectivity index (χ4v) is 2.86. The normalized spacial score (nSPS) is 23.8. The average molecular weight is 234 g/mol. The summed E-state index contributed by atoms with van der Waals surface area (Å²) in [6.07, 6.45) is 7.03. The van der Waals surface area contributed by atoms with E-state index in [0.717, 1.165) is 32.1 Å². The van der Waals surface area contributed by atoms with E-state index in [2.05, 4.69) is 25.2 Å². The zero-order valence-corrected chi connectivity index (χ0v) is 10.9. The van der Waals surface area contributed by atoms with Gasteiger partial charge in [0.2, 0.25) is 5.91 Å². The average Bonchev–Trinajstić information content (AvgIpc) is 3.13. The molecule has 1 N–H and O–H groups in total. The highest BCUT2D eigenvalue weighted by Crippen LogP contribution is 2.41. The summed E-state index contributed by atoms with van der Waals surface area (Å²) in [6.45, 7) is 4.16. The van der Waals surface area contributed by atoms with E-state index in [0.29, 0.717) is 5.92 Å². The minimum atomic E-state index is -0.746. The SMILES string of the molecule is CC(C)(NC(=O)C1(C#N)CCCCC1)C1CC1. The smallest absolute Gasteiger partial charge is 0.240 e. The maximum Gasteiger partial charge on any atom is 0.240 e. The highest BCUT2D eigenvalue weighted by Gasteiger charge is 2.45. The molecule has 0 spiro atoms. The van der Waals surface area contributed by atoms with Gasteiger partial charge in [0.05, 0.1) is 6.07 Å². The van der Waals surface area contributed by atoms with Gasteiger partial charge in [-0.05, 0) is 45.4 Å². The first-order chi connectivity index (χ1) is 8.00. The minimum Gasteiger partial charge on any atom is -0.350 e. The third-order valence-corrected chi connectivity index (χ3v) is 4.39. The zero-order chi connectivity index (χ0) is 12.5. The van der Waals surface area contributed by atoms with Crippen molar-refractivity contribution < 1.29 is 4.79 Å². The van der Waals surface area contributed by atoms with Crippen molar-refractivity contribution in [3.05, 3.63) is 0 Å². The second kappa shape index (κ2) is 4.33.